The highest BCUT2D eigenvalue weighted by Gasteiger charge is 2.15. The Hall–Kier alpha value is -1.46. The molecule has 2 N–H and O–H groups in total. The zero-order valence-electron chi connectivity index (χ0n) is 8.68. The molecule has 0 aromatic heterocycles. The van der Waals surface area contributed by atoms with Gasteiger partial charge in [0, 0.05) is 18.2 Å². The topological polar surface area (TPSA) is 75.4 Å². The van der Waals surface area contributed by atoms with Gasteiger partial charge >= 0.3 is 0 Å². The molecule has 0 spiro atoms. The zero-order chi connectivity index (χ0) is 11.4. The molecule has 0 saturated heterocycles. The summed E-state index contributed by atoms with van der Waals surface area (Å²) < 4.78 is 0. The Morgan fingerprint density at radius 1 is 1.40 bits per heavy atom. The molecule has 0 fully saturated rings. The number of nitrogens with one attached hydrogen (secondary N) is 1. The third-order valence-corrected chi connectivity index (χ3v) is 2.37. The number of benzene rings is 1. The van der Waals surface area contributed by atoms with Gasteiger partial charge in [-0.05, 0) is 31.7 Å². The van der Waals surface area contributed by atoms with E-state index in [-0.39, 0.29) is 11.7 Å². The van der Waals surface area contributed by atoms with Gasteiger partial charge in [-0.3, -0.25) is 10.1 Å². The van der Waals surface area contributed by atoms with Gasteiger partial charge in [0.1, 0.15) is 0 Å². The van der Waals surface area contributed by atoms with Crippen LogP contribution in [-0.2, 0) is 0 Å². The molecule has 0 saturated carbocycles. The van der Waals surface area contributed by atoms with E-state index in [2.05, 4.69) is 5.32 Å². The minimum absolute atomic E-state index is 0.0306. The van der Waals surface area contributed by atoms with Gasteiger partial charge in [0.2, 0.25) is 0 Å². The molecule has 0 amide bonds. The number of nitrogens with zero attached hydrogens (tertiary/aromatic N) is 1. The first-order valence-corrected chi connectivity index (χ1v) is 4.66. The third kappa shape index (κ3) is 2.74. The Balaban J connectivity index is 2.84. The Morgan fingerprint density at radius 2 is 1.93 bits per heavy atom. The second-order valence-corrected chi connectivity index (χ2v) is 3.37. The van der Waals surface area contributed by atoms with Crippen LogP contribution in [0.25, 0.3) is 0 Å². The molecule has 1 rings (SSSR count). The van der Waals surface area contributed by atoms with Crippen molar-refractivity contribution in [3.8, 4) is 0 Å². The summed E-state index contributed by atoms with van der Waals surface area (Å²) in [5.41, 5.74) is 0.700. The van der Waals surface area contributed by atoms with E-state index in [1.54, 1.807) is 19.2 Å². The minimum Gasteiger partial charge on any atom is -0.387 e. The van der Waals surface area contributed by atoms with Crippen LogP contribution < -0.4 is 5.32 Å². The fourth-order valence-corrected chi connectivity index (χ4v) is 1.24. The number of hydrogen-bond acceptors (Lipinski definition) is 4. The molecule has 0 aliphatic heterocycles. The lowest BCUT2D eigenvalue weighted by atomic mass is 10.0. The molecule has 5 nitrogen and oxygen atoms in total. The number of aliphatic hydroxyl groups is 1. The van der Waals surface area contributed by atoms with Gasteiger partial charge in [-0.2, -0.15) is 0 Å². The fourth-order valence-electron chi connectivity index (χ4n) is 1.24. The van der Waals surface area contributed by atoms with E-state index in [1.165, 1.54) is 12.1 Å². The van der Waals surface area contributed by atoms with Gasteiger partial charge in [-0.1, -0.05) is 0 Å². The van der Waals surface area contributed by atoms with E-state index in [9.17, 15) is 15.2 Å². The van der Waals surface area contributed by atoms with Crippen molar-refractivity contribution in [2.24, 2.45) is 0 Å². The van der Waals surface area contributed by atoms with Gasteiger partial charge in [0.25, 0.3) is 5.69 Å². The van der Waals surface area contributed by atoms with Crippen molar-refractivity contribution in [3.05, 3.63) is 39.9 Å². The summed E-state index contributed by atoms with van der Waals surface area (Å²) in [5.74, 6) is 0. The lowest BCUT2D eigenvalue weighted by Gasteiger charge is -2.18. The van der Waals surface area contributed by atoms with Crippen molar-refractivity contribution in [1.82, 2.24) is 5.32 Å². The van der Waals surface area contributed by atoms with E-state index in [1.807, 2.05) is 6.92 Å². The average Bonchev–Trinajstić information content (AvgIpc) is 2.27. The lowest BCUT2D eigenvalue weighted by molar-refractivity contribution is -0.384. The molecule has 0 bridgehead atoms. The van der Waals surface area contributed by atoms with Crippen LogP contribution in [0.2, 0.25) is 0 Å². The quantitative estimate of drug-likeness (QED) is 0.579. The van der Waals surface area contributed by atoms with Crippen molar-refractivity contribution < 1.29 is 10.0 Å². The summed E-state index contributed by atoms with van der Waals surface area (Å²) >= 11 is 0. The highest BCUT2D eigenvalue weighted by molar-refractivity contribution is 5.34. The van der Waals surface area contributed by atoms with Gasteiger partial charge in [-0.15, -0.1) is 0 Å². The maximum absolute atomic E-state index is 10.4. The fraction of sp³-hybridized carbons (Fsp3) is 0.400. The van der Waals surface area contributed by atoms with Crippen molar-refractivity contribution >= 4 is 5.69 Å². The van der Waals surface area contributed by atoms with E-state index in [0.29, 0.717) is 5.56 Å². The lowest BCUT2D eigenvalue weighted by Crippen LogP contribution is -2.28. The number of rotatable bonds is 4. The number of hydrogen-bond donors (Lipinski definition) is 2. The molecule has 1 aromatic carbocycles. The molecule has 0 radical (unpaired) electrons. The van der Waals surface area contributed by atoms with Crippen LogP contribution in [0.3, 0.4) is 0 Å². The Labute approximate surface area is 87.9 Å². The molecule has 1 aromatic rings. The van der Waals surface area contributed by atoms with E-state index >= 15 is 0 Å². The monoisotopic (exact) mass is 210 g/mol. The molecule has 2 atom stereocenters. The molecular weight excluding hydrogens is 196 g/mol. The standard InChI is InChI=1S/C10H14N2O3/c1-7(11-2)10(13)8-3-5-9(6-4-8)12(14)15/h3-7,10-11,13H,1-2H3. The Kier molecular flexibility index (Phi) is 3.76. The van der Waals surface area contributed by atoms with E-state index in [4.69, 9.17) is 0 Å². The summed E-state index contributed by atoms with van der Waals surface area (Å²) in [6.45, 7) is 1.84. The molecule has 2 unspecified atom stereocenters. The average molecular weight is 210 g/mol. The normalized spacial score (nSPS) is 14.6. The molecule has 82 valence electrons. The summed E-state index contributed by atoms with van der Waals surface area (Å²) in [4.78, 5) is 9.94. The highest BCUT2D eigenvalue weighted by atomic mass is 16.6. The van der Waals surface area contributed by atoms with Crippen molar-refractivity contribution in [3.63, 3.8) is 0 Å². The number of nitro groups is 1. The first kappa shape index (κ1) is 11.6. The van der Waals surface area contributed by atoms with Gasteiger partial charge < -0.3 is 10.4 Å². The maximum atomic E-state index is 10.4. The first-order chi connectivity index (χ1) is 7.06. The van der Waals surface area contributed by atoms with Crippen molar-refractivity contribution in [2.45, 2.75) is 19.1 Å². The van der Waals surface area contributed by atoms with E-state index < -0.39 is 11.0 Å². The summed E-state index contributed by atoms with van der Waals surface area (Å²) in [6.07, 6.45) is -0.657. The smallest absolute Gasteiger partial charge is 0.269 e. The van der Waals surface area contributed by atoms with Gasteiger partial charge in [0.05, 0.1) is 11.0 Å². The second kappa shape index (κ2) is 4.86. The second-order valence-electron chi connectivity index (χ2n) is 3.37. The molecular formula is C10H14N2O3. The third-order valence-electron chi connectivity index (χ3n) is 2.37. The molecule has 15 heavy (non-hydrogen) atoms. The predicted molar refractivity (Wildman–Crippen MR) is 56.6 cm³/mol. The predicted octanol–water partition coefficient (Wildman–Crippen LogP) is 1.24. The van der Waals surface area contributed by atoms with E-state index in [0.717, 1.165) is 0 Å². The van der Waals surface area contributed by atoms with Crippen LogP contribution in [0.1, 0.15) is 18.6 Å². The number of likely N-dealkylation sites (N-methyl/N-ethyl adjacent to an activating group) is 1. The number of nitro benzene ring substituents is 1. The van der Waals surface area contributed by atoms with Crippen molar-refractivity contribution in [2.75, 3.05) is 7.05 Å². The minimum atomic E-state index is -0.657. The van der Waals surface area contributed by atoms with Crippen LogP contribution in [0, 0.1) is 10.1 Å². The molecule has 5 heteroatoms. The van der Waals surface area contributed by atoms with Crippen LogP contribution in [0.4, 0.5) is 5.69 Å². The maximum Gasteiger partial charge on any atom is 0.269 e. The summed E-state index contributed by atoms with van der Waals surface area (Å²) in [7, 11) is 1.75. The molecule has 0 heterocycles. The van der Waals surface area contributed by atoms with Crippen molar-refractivity contribution in [1.29, 1.82) is 0 Å². The SMILES string of the molecule is CNC(C)C(O)c1ccc([N+](=O)[O-])cc1. The largest absolute Gasteiger partial charge is 0.387 e. The summed E-state index contributed by atoms with van der Waals surface area (Å²) in [5, 5.41) is 23.1. The molecule has 0 aliphatic carbocycles. The van der Waals surface area contributed by atoms with Crippen LogP contribution in [0.15, 0.2) is 24.3 Å². The van der Waals surface area contributed by atoms with Crippen LogP contribution in [0.5, 0.6) is 0 Å². The highest BCUT2D eigenvalue weighted by Crippen LogP contribution is 2.19. The van der Waals surface area contributed by atoms with Crippen LogP contribution in [-0.4, -0.2) is 23.1 Å². The number of aliphatic hydroxyl groups excluding tert-OH is 1. The Bertz CT molecular complexity index is 337. The zero-order valence-corrected chi connectivity index (χ0v) is 8.68. The number of non-ortho nitro benzene ring substituents is 1. The van der Waals surface area contributed by atoms with Gasteiger partial charge in [-0.25, -0.2) is 0 Å². The molecule has 0 aliphatic rings. The Morgan fingerprint density at radius 3 is 2.33 bits per heavy atom. The first-order valence-electron chi connectivity index (χ1n) is 4.66. The summed E-state index contributed by atoms with van der Waals surface area (Å²) in [6, 6.07) is 5.82. The van der Waals surface area contributed by atoms with Gasteiger partial charge in [0.15, 0.2) is 0 Å². The van der Waals surface area contributed by atoms with Crippen LogP contribution >= 0.6 is 0 Å².